The van der Waals surface area contributed by atoms with E-state index in [4.69, 9.17) is 0 Å². The van der Waals surface area contributed by atoms with Gasteiger partial charge in [-0.05, 0) is 38.3 Å². The highest BCUT2D eigenvalue weighted by atomic mass is 32.1. The van der Waals surface area contributed by atoms with E-state index in [9.17, 15) is 9.59 Å². The highest BCUT2D eigenvalue weighted by Crippen LogP contribution is 2.37. The molecule has 0 bridgehead atoms. The van der Waals surface area contributed by atoms with Gasteiger partial charge in [0.25, 0.3) is 5.91 Å². The zero-order valence-corrected chi connectivity index (χ0v) is 16.3. The first-order chi connectivity index (χ1) is 13.1. The van der Waals surface area contributed by atoms with Gasteiger partial charge in [0.1, 0.15) is 0 Å². The molecule has 1 aliphatic rings. The summed E-state index contributed by atoms with van der Waals surface area (Å²) in [5.41, 5.74) is 2.47. The van der Waals surface area contributed by atoms with Crippen molar-refractivity contribution in [1.82, 2.24) is 9.97 Å². The second kappa shape index (κ2) is 7.58. The van der Waals surface area contributed by atoms with Crippen molar-refractivity contribution in [3.63, 3.8) is 0 Å². The third kappa shape index (κ3) is 3.91. The Bertz CT molecular complexity index is 964. The van der Waals surface area contributed by atoms with Crippen molar-refractivity contribution in [1.29, 1.82) is 0 Å². The van der Waals surface area contributed by atoms with Gasteiger partial charge < -0.3 is 5.32 Å². The monoisotopic (exact) mass is 398 g/mol. The lowest BCUT2D eigenvalue weighted by Gasteiger charge is -2.19. The Morgan fingerprint density at radius 1 is 1.15 bits per heavy atom. The lowest BCUT2D eigenvalue weighted by atomic mass is 9.90. The molecule has 6 nitrogen and oxygen atoms in total. The minimum atomic E-state index is -0.307. The molecule has 2 amide bonds. The van der Waals surface area contributed by atoms with Crippen LogP contribution in [0.4, 0.5) is 10.3 Å². The summed E-state index contributed by atoms with van der Waals surface area (Å²) >= 11 is 2.85. The van der Waals surface area contributed by atoms with Crippen LogP contribution in [-0.2, 0) is 11.2 Å². The van der Waals surface area contributed by atoms with Gasteiger partial charge in [-0.3, -0.25) is 14.9 Å². The van der Waals surface area contributed by atoms with Crippen molar-refractivity contribution in [2.24, 2.45) is 0 Å². The first kappa shape index (κ1) is 17.8. The van der Waals surface area contributed by atoms with Crippen LogP contribution in [0, 0.1) is 6.92 Å². The maximum absolute atomic E-state index is 12.6. The van der Waals surface area contributed by atoms with Crippen molar-refractivity contribution >= 4 is 44.8 Å². The Hall–Kier alpha value is -2.58. The van der Waals surface area contributed by atoms with Crippen molar-refractivity contribution in [2.75, 3.05) is 10.6 Å². The van der Waals surface area contributed by atoms with E-state index in [2.05, 4.69) is 20.6 Å². The largest absolute Gasteiger partial charge is 0.301 e. The topological polar surface area (TPSA) is 84.0 Å². The Kier molecular flexibility index (Phi) is 5.00. The molecule has 1 aliphatic carbocycles. The van der Waals surface area contributed by atoms with Gasteiger partial charge in [0.2, 0.25) is 5.91 Å². The van der Waals surface area contributed by atoms with E-state index in [1.165, 1.54) is 22.7 Å². The minimum Gasteiger partial charge on any atom is -0.301 e. The van der Waals surface area contributed by atoms with E-state index in [0.717, 1.165) is 35.4 Å². The average Bonchev–Trinajstić information content (AvgIpc) is 3.30. The molecule has 3 aromatic rings. The van der Waals surface area contributed by atoms with Gasteiger partial charge in [0.05, 0.1) is 11.6 Å². The zero-order valence-electron chi connectivity index (χ0n) is 14.7. The molecular formula is C19H18N4O2S2. The van der Waals surface area contributed by atoms with E-state index in [1.807, 2.05) is 24.4 Å². The number of nitrogens with one attached hydrogen (secondary N) is 2. The first-order valence-corrected chi connectivity index (χ1v) is 10.4. The zero-order chi connectivity index (χ0) is 18.8. The molecule has 0 spiro atoms. The van der Waals surface area contributed by atoms with Gasteiger partial charge in [-0.15, -0.1) is 22.7 Å². The summed E-state index contributed by atoms with van der Waals surface area (Å²) in [6.07, 6.45) is 4.22. The molecule has 138 valence electrons. The number of aromatic nitrogens is 2. The lowest BCUT2D eigenvalue weighted by molar-refractivity contribution is -0.117. The fraction of sp³-hybridized carbons (Fsp3) is 0.263. The molecule has 0 radical (unpaired) electrons. The molecule has 1 unspecified atom stereocenters. The van der Waals surface area contributed by atoms with E-state index in [1.54, 1.807) is 18.3 Å². The van der Waals surface area contributed by atoms with Crippen LogP contribution in [0.2, 0.25) is 0 Å². The fourth-order valence-electron chi connectivity index (χ4n) is 3.08. The lowest BCUT2D eigenvalue weighted by Crippen LogP contribution is -2.24. The third-order valence-corrected chi connectivity index (χ3v) is 6.20. The molecule has 4 rings (SSSR count). The minimum absolute atomic E-state index is 0.0902. The number of thiazole rings is 2. The van der Waals surface area contributed by atoms with Gasteiger partial charge in [0.15, 0.2) is 10.3 Å². The predicted octanol–water partition coefficient (Wildman–Crippen LogP) is 4.22. The van der Waals surface area contributed by atoms with Crippen LogP contribution in [0.15, 0.2) is 35.8 Å². The number of carbonyl (C=O) groups is 2. The maximum atomic E-state index is 12.6. The molecule has 2 heterocycles. The molecule has 1 aromatic carbocycles. The van der Waals surface area contributed by atoms with Gasteiger partial charge in [-0.2, -0.15) is 0 Å². The summed E-state index contributed by atoms with van der Waals surface area (Å²) in [6.45, 7) is 1.98. The van der Waals surface area contributed by atoms with Crippen molar-refractivity contribution in [3.05, 3.63) is 57.5 Å². The van der Waals surface area contributed by atoms with Crippen LogP contribution in [-0.4, -0.2) is 21.8 Å². The number of aryl methyl sites for hydroxylation is 2. The molecule has 0 saturated heterocycles. The summed E-state index contributed by atoms with van der Waals surface area (Å²) in [5.74, 6) is -0.587. The second-order valence-electron chi connectivity index (χ2n) is 6.42. The van der Waals surface area contributed by atoms with Crippen LogP contribution in [0.3, 0.4) is 0 Å². The van der Waals surface area contributed by atoms with E-state index >= 15 is 0 Å². The normalized spacial score (nSPS) is 15.8. The highest BCUT2D eigenvalue weighted by Gasteiger charge is 2.31. The van der Waals surface area contributed by atoms with Crippen molar-refractivity contribution < 1.29 is 9.59 Å². The van der Waals surface area contributed by atoms with Crippen LogP contribution in [0.1, 0.15) is 45.3 Å². The summed E-state index contributed by atoms with van der Waals surface area (Å²) in [7, 11) is 0. The quantitative estimate of drug-likeness (QED) is 0.689. The molecule has 2 aromatic heterocycles. The summed E-state index contributed by atoms with van der Waals surface area (Å²) < 4.78 is 0. The molecule has 27 heavy (non-hydrogen) atoms. The summed E-state index contributed by atoms with van der Waals surface area (Å²) in [5, 5.41) is 8.68. The van der Waals surface area contributed by atoms with Crippen LogP contribution < -0.4 is 10.6 Å². The second-order valence-corrected chi connectivity index (χ2v) is 8.40. The SMILES string of the molecule is Cc1ccc(C(=O)Nc2nc3c(s2)CCCC3C(=O)Nc2nccs2)cc1. The summed E-state index contributed by atoms with van der Waals surface area (Å²) in [4.78, 5) is 34.8. The van der Waals surface area contributed by atoms with Crippen molar-refractivity contribution in [3.8, 4) is 0 Å². The predicted molar refractivity (Wildman–Crippen MR) is 108 cm³/mol. The van der Waals surface area contributed by atoms with Crippen LogP contribution >= 0.6 is 22.7 Å². The van der Waals surface area contributed by atoms with Gasteiger partial charge in [0, 0.05) is 22.0 Å². The fourth-order valence-corrected chi connectivity index (χ4v) is 4.67. The van der Waals surface area contributed by atoms with Gasteiger partial charge in [-0.25, -0.2) is 9.97 Å². The molecule has 2 N–H and O–H groups in total. The molecular weight excluding hydrogens is 380 g/mol. The Morgan fingerprint density at radius 2 is 1.96 bits per heavy atom. The number of hydrogen-bond acceptors (Lipinski definition) is 6. The maximum Gasteiger partial charge on any atom is 0.257 e. The van der Waals surface area contributed by atoms with Gasteiger partial charge in [-0.1, -0.05) is 17.7 Å². The number of rotatable bonds is 4. The Morgan fingerprint density at radius 3 is 2.70 bits per heavy atom. The van der Waals surface area contributed by atoms with Crippen molar-refractivity contribution in [2.45, 2.75) is 32.1 Å². The molecule has 1 atom stereocenters. The standard InChI is InChI=1S/C19H18N4O2S2/c1-11-5-7-12(8-6-11)16(24)22-19-21-15-13(3-2-4-14(15)27-19)17(25)23-18-20-9-10-26-18/h5-10,13H,2-4H2,1H3,(H,20,23,25)(H,21,22,24). The molecule has 8 heteroatoms. The number of amides is 2. The first-order valence-electron chi connectivity index (χ1n) is 8.68. The highest BCUT2D eigenvalue weighted by molar-refractivity contribution is 7.16. The number of anilines is 2. The van der Waals surface area contributed by atoms with E-state index in [0.29, 0.717) is 15.8 Å². The third-order valence-electron chi connectivity index (χ3n) is 4.47. The molecule has 0 aliphatic heterocycles. The Balaban J connectivity index is 1.51. The average molecular weight is 399 g/mol. The smallest absolute Gasteiger partial charge is 0.257 e. The summed E-state index contributed by atoms with van der Waals surface area (Å²) in [6, 6.07) is 7.40. The molecule has 0 saturated carbocycles. The molecule has 0 fully saturated rings. The Labute approximate surface area is 164 Å². The number of fused-ring (bicyclic) bond motifs is 1. The number of nitrogens with zero attached hydrogens (tertiary/aromatic N) is 2. The number of hydrogen-bond donors (Lipinski definition) is 2. The number of benzene rings is 1. The van der Waals surface area contributed by atoms with Crippen LogP contribution in [0.25, 0.3) is 0 Å². The van der Waals surface area contributed by atoms with E-state index in [-0.39, 0.29) is 17.7 Å². The van der Waals surface area contributed by atoms with E-state index < -0.39 is 0 Å². The van der Waals surface area contributed by atoms with Crippen LogP contribution in [0.5, 0.6) is 0 Å². The number of carbonyl (C=O) groups excluding carboxylic acids is 2. The van der Waals surface area contributed by atoms with Gasteiger partial charge >= 0.3 is 0 Å².